The second-order valence-corrected chi connectivity index (χ2v) is 6.86. The molecule has 0 spiro atoms. The average Bonchev–Trinajstić information content (AvgIpc) is 2.48. The molecule has 0 unspecified atom stereocenters. The zero-order valence-corrected chi connectivity index (χ0v) is 12.3. The monoisotopic (exact) mass is 303 g/mol. The molecular formula is C12H21N3O4S. The van der Waals surface area contributed by atoms with Gasteiger partial charge in [-0.15, -0.1) is 0 Å². The summed E-state index contributed by atoms with van der Waals surface area (Å²) in [6.45, 7) is 5.87. The van der Waals surface area contributed by atoms with Gasteiger partial charge in [0.25, 0.3) is 10.2 Å². The van der Waals surface area contributed by atoms with E-state index in [1.807, 2.05) is 0 Å². The lowest BCUT2D eigenvalue weighted by Crippen LogP contribution is -2.54. The third-order valence-electron chi connectivity index (χ3n) is 3.54. The number of carbonyl (C=O) groups is 1. The maximum Gasteiger partial charge on any atom is 0.282 e. The van der Waals surface area contributed by atoms with Gasteiger partial charge < -0.3 is 10.1 Å². The Morgan fingerprint density at radius 3 is 2.60 bits per heavy atom. The number of piperidine rings is 1. The minimum absolute atomic E-state index is 0.148. The molecule has 2 heterocycles. The molecule has 1 atom stereocenters. The standard InChI is InChI=1S/C12H21N3O4S/c1-2-12(16)13-11-4-3-5-15(10-11)20(17,18)14-6-8-19-9-7-14/h2,11H,1,3-10H2,(H,13,16)/t11-/m0/s1. The number of ether oxygens (including phenoxy) is 1. The van der Waals surface area contributed by atoms with Gasteiger partial charge in [0.15, 0.2) is 0 Å². The number of carbonyl (C=O) groups excluding carboxylic acids is 1. The van der Waals surface area contributed by atoms with Crippen molar-refractivity contribution in [2.45, 2.75) is 18.9 Å². The van der Waals surface area contributed by atoms with Crippen LogP contribution in [0, 0.1) is 0 Å². The van der Waals surface area contributed by atoms with Crippen LogP contribution in [0.25, 0.3) is 0 Å². The summed E-state index contributed by atoms with van der Waals surface area (Å²) >= 11 is 0. The van der Waals surface area contributed by atoms with Gasteiger partial charge in [0.2, 0.25) is 5.91 Å². The zero-order chi connectivity index (χ0) is 14.6. The summed E-state index contributed by atoms with van der Waals surface area (Å²) in [7, 11) is -3.45. The Morgan fingerprint density at radius 2 is 1.95 bits per heavy atom. The van der Waals surface area contributed by atoms with E-state index in [-0.39, 0.29) is 11.9 Å². The fourth-order valence-corrected chi connectivity index (χ4v) is 4.14. The van der Waals surface area contributed by atoms with Gasteiger partial charge in [-0.1, -0.05) is 6.58 Å². The van der Waals surface area contributed by atoms with E-state index in [9.17, 15) is 13.2 Å². The van der Waals surface area contributed by atoms with Gasteiger partial charge in [-0.05, 0) is 18.9 Å². The van der Waals surface area contributed by atoms with Gasteiger partial charge in [0, 0.05) is 32.2 Å². The number of morpholine rings is 1. The maximum absolute atomic E-state index is 12.5. The summed E-state index contributed by atoms with van der Waals surface area (Å²) in [5.41, 5.74) is 0. The molecule has 0 aliphatic carbocycles. The van der Waals surface area contributed by atoms with Crippen LogP contribution in [0.3, 0.4) is 0 Å². The third kappa shape index (κ3) is 3.57. The molecule has 7 nitrogen and oxygen atoms in total. The van der Waals surface area contributed by atoms with Gasteiger partial charge in [-0.25, -0.2) is 0 Å². The van der Waals surface area contributed by atoms with Crippen molar-refractivity contribution in [3.8, 4) is 0 Å². The highest BCUT2D eigenvalue weighted by atomic mass is 32.2. The molecule has 8 heteroatoms. The van der Waals surface area contributed by atoms with Gasteiger partial charge >= 0.3 is 0 Å². The molecule has 2 saturated heterocycles. The summed E-state index contributed by atoms with van der Waals surface area (Å²) in [5, 5.41) is 2.77. The van der Waals surface area contributed by atoms with Crippen molar-refractivity contribution >= 4 is 16.1 Å². The minimum atomic E-state index is -3.45. The van der Waals surface area contributed by atoms with Crippen LogP contribution in [0.1, 0.15) is 12.8 Å². The smallest absolute Gasteiger partial charge is 0.282 e. The van der Waals surface area contributed by atoms with Crippen molar-refractivity contribution in [1.82, 2.24) is 13.9 Å². The number of rotatable bonds is 4. The first kappa shape index (κ1) is 15.4. The van der Waals surface area contributed by atoms with E-state index in [4.69, 9.17) is 4.74 Å². The van der Waals surface area contributed by atoms with Crippen LogP contribution in [-0.2, 0) is 19.7 Å². The number of nitrogens with one attached hydrogen (secondary N) is 1. The van der Waals surface area contributed by atoms with Gasteiger partial charge in [-0.3, -0.25) is 4.79 Å². The van der Waals surface area contributed by atoms with Gasteiger partial charge in [-0.2, -0.15) is 17.0 Å². The Hall–Kier alpha value is -0.960. The normalized spacial score (nSPS) is 26.1. The molecule has 0 radical (unpaired) electrons. The highest BCUT2D eigenvalue weighted by Gasteiger charge is 2.34. The van der Waals surface area contributed by atoms with Crippen molar-refractivity contribution in [3.63, 3.8) is 0 Å². The molecule has 0 aromatic heterocycles. The van der Waals surface area contributed by atoms with E-state index in [0.717, 1.165) is 12.8 Å². The number of nitrogens with zero attached hydrogens (tertiary/aromatic N) is 2. The summed E-state index contributed by atoms with van der Waals surface area (Å²) in [5.74, 6) is -0.263. The fourth-order valence-electron chi connectivity index (χ4n) is 2.47. The molecule has 0 saturated carbocycles. The largest absolute Gasteiger partial charge is 0.379 e. The Balaban J connectivity index is 2.00. The molecule has 1 N–H and O–H groups in total. The minimum Gasteiger partial charge on any atom is -0.379 e. The second kappa shape index (κ2) is 6.66. The summed E-state index contributed by atoms with van der Waals surface area (Å²) < 4.78 is 33.1. The van der Waals surface area contributed by atoms with Crippen LogP contribution in [0.15, 0.2) is 12.7 Å². The Labute approximate surface area is 119 Å². The van der Waals surface area contributed by atoms with E-state index < -0.39 is 10.2 Å². The van der Waals surface area contributed by atoms with Crippen LogP contribution in [-0.4, -0.2) is 68.4 Å². The van der Waals surface area contributed by atoms with Crippen molar-refractivity contribution in [2.24, 2.45) is 0 Å². The summed E-state index contributed by atoms with van der Waals surface area (Å²) in [6.07, 6.45) is 2.73. The Kier molecular flexibility index (Phi) is 5.14. The quantitative estimate of drug-likeness (QED) is 0.699. The van der Waals surface area contributed by atoms with Crippen LogP contribution in [0.5, 0.6) is 0 Å². The summed E-state index contributed by atoms with van der Waals surface area (Å²) in [6, 6.07) is -0.148. The van der Waals surface area contributed by atoms with E-state index in [2.05, 4.69) is 11.9 Å². The van der Waals surface area contributed by atoms with Crippen molar-refractivity contribution < 1.29 is 17.9 Å². The predicted molar refractivity (Wildman–Crippen MR) is 74.2 cm³/mol. The summed E-state index contributed by atoms with van der Waals surface area (Å²) in [4.78, 5) is 11.3. The van der Waals surface area contributed by atoms with Crippen molar-refractivity contribution in [1.29, 1.82) is 0 Å². The first-order valence-electron chi connectivity index (χ1n) is 6.80. The number of hydrogen-bond acceptors (Lipinski definition) is 4. The van der Waals surface area contributed by atoms with E-state index in [0.29, 0.717) is 39.4 Å². The molecule has 114 valence electrons. The fraction of sp³-hybridized carbons (Fsp3) is 0.750. The van der Waals surface area contributed by atoms with Gasteiger partial charge in [0.1, 0.15) is 0 Å². The van der Waals surface area contributed by atoms with Crippen LogP contribution in [0.4, 0.5) is 0 Å². The van der Waals surface area contributed by atoms with Crippen LogP contribution in [0.2, 0.25) is 0 Å². The zero-order valence-electron chi connectivity index (χ0n) is 11.5. The highest BCUT2D eigenvalue weighted by molar-refractivity contribution is 7.86. The van der Waals surface area contributed by atoms with Crippen LogP contribution < -0.4 is 5.32 Å². The molecule has 2 fully saturated rings. The molecule has 0 aromatic rings. The number of hydrogen-bond donors (Lipinski definition) is 1. The van der Waals surface area contributed by atoms with Crippen molar-refractivity contribution in [2.75, 3.05) is 39.4 Å². The second-order valence-electron chi connectivity index (χ2n) is 4.93. The Bertz CT molecular complexity index is 459. The molecule has 2 aliphatic rings. The lowest BCUT2D eigenvalue weighted by Gasteiger charge is -2.36. The molecule has 2 rings (SSSR count). The lowest BCUT2D eigenvalue weighted by molar-refractivity contribution is -0.117. The molecule has 0 bridgehead atoms. The molecule has 2 aliphatic heterocycles. The van der Waals surface area contributed by atoms with Crippen molar-refractivity contribution in [3.05, 3.63) is 12.7 Å². The van der Waals surface area contributed by atoms with E-state index in [1.165, 1.54) is 14.7 Å². The van der Waals surface area contributed by atoms with E-state index >= 15 is 0 Å². The highest BCUT2D eigenvalue weighted by Crippen LogP contribution is 2.18. The van der Waals surface area contributed by atoms with Gasteiger partial charge in [0.05, 0.1) is 13.2 Å². The molecule has 1 amide bonds. The molecular weight excluding hydrogens is 282 g/mol. The number of amides is 1. The molecule has 0 aromatic carbocycles. The topological polar surface area (TPSA) is 79.0 Å². The lowest BCUT2D eigenvalue weighted by atomic mass is 10.1. The van der Waals surface area contributed by atoms with E-state index in [1.54, 1.807) is 0 Å². The first-order valence-corrected chi connectivity index (χ1v) is 8.19. The van der Waals surface area contributed by atoms with Crippen LogP contribution >= 0.6 is 0 Å². The maximum atomic E-state index is 12.5. The Morgan fingerprint density at radius 1 is 1.25 bits per heavy atom. The first-order chi connectivity index (χ1) is 9.54. The molecule has 20 heavy (non-hydrogen) atoms. The SMILES string of the molecule is C=CC(=O)N[C@H]1CCCN(S(=O)(=O)N2CCOCC2)C1. The predicted octanol–water partition coefficient (Wildman–Crippen LogP) is -0.670. The average molecular weight is 303 g/mol. The third-order valence-corrected chi connectivity index (χ3v) is 5.54.